The zero-order valence-corrected chi connectivity index (χ0v) is 6.75. The van der Waals surface area contributed by atoms with Gasteiger partial charge in [-0.1, -0.05) is 11.9 Å². The van der Waals surface area contributed by atoms with Gasteiger partial charge >= 0.3 is 6.18 Å². The molecular weight excluding hydrogens is 177 g/mol. The monoisotopic (exact) mass is 183 g/mol. The zero-order chi connectivity index (χ0) is 8.65. The van der Waals surface area contributed by atoms with Crippen molar-refractivity contribution in [3.05, 3.63) is 16.0 Å². The number of allylic oxidation sites excluding steroid dienone is 2. The summed E-state index contributed by atoms with van der Waals surface area (Å²) in [5, 5.41) is 0. The third kappa shape index (κ3) is 1.81. The Kier molecular flexibility index (Phi) is 2.06. The molecule has 11 heavy (non-hydrogen) atoms. The fourth-order valence-electron chi connectivity index (χ4n) is 0.729. The van der Waals surface area contributed by atoms with Gasteiger partial charge in [-0.15, -0.1) is 0 Å². The summed E-state index contributed by atoms with van der Waals surface area (Å²) in [5.74, 6) is 0. The predicted molar refractivity (Wildman–Crippen MR) is 37.5 cm³/mol. The number of alkyl halides is 3. The molecule has 0 aromatic heterocycles. The number of hydrogen-bond acceptors (Lipinski definition) is 2. The van der Waals surface area contributed by atoms with Crippen LogP contribution < -0.4 is 0 Å². The van der Waals surface area contributed by atoms with E-state index in [0.717, 1.165) is 11.9 Å². The first-order valence-corrected chi connectivity index (χ1v) is 3.60. The van der Waals surface area contributed by atoms with Crippen molar-refractivity contribution in [3.8, 4) is 0 Å². The van der Waals surface area contributed by atoms with E-state index in [9.17, 15) is 13.2 Å². The Hall–Kier alpha value is -0.360. The van der Waals surface area contributed by atoms with E-state index in [-0.39, 0.29) is 4.91 Å². The summed E-state index contributed by atoms with van der Waals surface area (Å²) in [6.45, 7) is 1.40. The fraction of sp³-hybridized carbons (Fsp3) is 0.600. The largest absolute Gasteiger partial charge is 0.605 e. The van der Waals surface area contributed by atoms with Crippen molar-refractivity contribution in [1.82, 2.24) is 4.41 Å². The molecule has 0 aliphatic carbocycles. The van der Waals surface area contributed by atoms with Gasteiger partial charge in [-0.05, 0) is 24.6 Å². The first-order valence-electron chi connectivity index (χ1n) is 2.82. The molecule has 1 heterocycles. The van der Waals surface area contributed by atoms with Gasteiger partial charge in [0.15, 0.2) is 0 Å². The highest BCUT2D eigenvalue weighted by Crippen LogP contribution is 2.44. The Morgan fingerprint density at radius 2 is 2.00 bits per heavy atom. The van der Waals surface area contributed by atoms with E-state index in [1.165, 1.54) is 18.4 Å². The van der Waals surface area contributed by atoms with Crippen LogP contribution >= 0.6 is 11.9 Å². The summed E-state index contributed by atoms with van der Waals surface area (Å²) in [6, 6.07) is 0. The smallest absolute Gasteiger partial charge is 0.398 e. The second-order valence-corrected chi connectivity index (χ2v) is 3.38. The Morgan fingerprint density at radius 1 is 1.45 bits per heavy atom. The third-order valence-electron chi connectivity index (χ3n) is 1.11. The molecular formula is C5H6F3N2S-. The van der Waals surface area contributed by atoms with E-state index in [1.807, 2.05) is 0 Å². The van der Waals surface area contributed by atoms with Crippen LogP contribution in [0.2, 0.25) is 0 Å². The molecule has 0 saturated heterocycles. The molecule has 0 amide bonds. The Labute approximate surface area is 66.5 Å². The number of rotatable bonds is 0. The zero-order valence-electron chi connectivity index (χ0n) is 5.94. The maximum Gasteiger partial charge on any atom is 0.398 e. The molecule has 0 radical (unpaired) electrons. The van der Waals surface area contributed by atoms with Gasteiger partial charge in [-0.3, -0.25) is 0 Å². The minimum Gasteiger partial charge on any atom is -0.605 e. The Morgan fingerprint density at radius 3 is 2.18 bits per heavy atom. The van der Waals surface area contributed by atoms with Gasteiger partial charge in [0.05, 0.1) is 0 Å². The molecule has 0 aromatic rings. The average molecular weight is 183 g/mol. The molecule has 0 bridgehead atoms. The Bertz CT molecular complexity index is 198. The lowest BCUT2D eigenvalue weighted by Gasteiger charge is -2.27. The van der Waals surface area contributed by atoms with Crippen LogP contribution in [0.3, 0.4) is 0 Å². The SMILES string of the molecule is CC1=C(C(F)(F)F)[N-]N(C)S1. The van der Waals surface area contributed by atoms with E-state index in [4.69, 9.17) is 0 Å². The molecule has 0 saturated carbocycles. The van der Waals surface area contributed by atoms with Crippen LogP contribution in [0.25, 0.3) is 5.43 Å². The van der Waals surface area contributed by atoms with E-state index in [0.29, 0.717) is 0 Å². The van der Waals surface area contributed by atoms with Crippen molar-refractivity contribution in [1.29, 1.82) is 0 Å². The molecule has 0 N–H and O–H groups in total. The molecule has 6 heteroatoms. The molecule has 64 valence electrons. The maximum atomic E-state index is 12.0. The van der Waals surface area contributed by atoms with Crippen LogP contribution in [0.4, 0.5) is 13.2 Å². The molecule has 1 aliphatic heterocycles. The third-order valence-corrected chi connectivity index (χ3v) is 1.92. The summed E-state index contributed by atoms with van der Waals surface area (Å²) < 4.78 is 37.2. The summed E-state index contributed by atoms with van der Waals surface area (Å²) in [4.78, 5) is 0.194. The maximum absolute atomic E-state index is 12.0. The van der Waals surface area contributed by atoms with Gasteiger partial charge in [0, 0.05) is 0 Å². The second-order valence-electron chi connectivity index (χ2n) is 2.06. The fourth-order valence-corrected chi connectivity index (χ4v) is 1.49. The van der Waals surface area contributed by atoms with Crippen molar-refractivity contribution < 1.29 is 13.2 Å². The lowest BCUT2D eigenvalue weighted by Crippen LogP contribution is -2.12. The standard InChI is InChI=1S/C5H6F3N2S/c1-3-4(5(6,7)8)9-10(2)11-3/h1-2H3/q-1. The lowest BCUT2D eigenvalue weighted by molar-refractivity contribution is -0.0903. The van der Waals surface area contributed by atoms with Gasteiger partial charge < -0.3 is 9.84 Å². The van der Waals surface area contributed by atoms with Crippen molar-refractivity contribution in [2.45, 2.75) is 13.1 Å². The van der Waals surface area contributed by atoms with Crippen LogP contribution in [0.15, 0.2) is 10.6 Å². The molecule has 1 rings (SSSR count). The minimum atomic E-state index is -4.32. The summed E-state index contributed by atoms with van der Waals surface area (Å²) in [7, 11) is 1.48. The van der Waals surface area contributed by atoms with Crippen molar-refractivity contribution in [2.75, 3.05) is 7.05 Å². The van der Waals surface area contributed by atoms with Gasteiger partial charge in [0.1, 0.15) is 0 Å². The van der Waals surface area contributed by atoms with E-state index in [1.54, 1.807) is 0 Å². The van der Waals surface area contributed by atoms with Crippen LogP contribution in [0, 0.1) is 0 Å². The highest BCUT2D eigenvalue weighted by molar-refractivity contribution is 8.01. The highest BCUT2D eigenvalue weighted by Gasteiger charge is 2.31. The number of halogens is 3. The molecule has 0 unspecified atom stereocenters. The molecule has 0 spiro atoms. The predicted octanol–water partition coefficient (Wildman–Crippen LogP) is 2.66. The molecule has 0 fully saturated rings. The van der Waals surface area contributed by atoms with Crippen LogP contribution in [-0.4, -0.2) is 17.6 Å². The minimum absolute atomic E-state index is 0.194. The van der Waals surface area contributed by atoms with Gasteiger partial charge in [-0.25, -0.2) is 0 Å². The van der Waals surface area contributed by atoms with Crippen LogP contribution in [0.5, 0.6) is 0 Å². The normalized spacial score (nSPS) is 20.8. The average Bonchev–Trinajstić information content (AvgIpc) is 2.08. The first kappa shape index (κ1) is 8.73. The molecule has 1 aliphatic rings. The second kappa shape index (κ2) is 2.60. The van der Waals surface area contributed by atoms with Gasteiger partial charge in [0.2, 0.25) is 0 Å². The van der Waals surface area contributed by atoms with Crippen molar-refractivity contribution in [3.63, 3.8) is 0 Å². The van der Waals surface area contributed by atoms with E-state index < -0.39 is 11.9 Å². The quantitative estimate of drug-likeness (QED) is 0.537. The number of hydrogen-bond donors (Lipinski definition) is 0. The van der Waals surface area contributed by atoms with Gasteiger partial charge in [0.25, 0.3) is 0 Å². The van der Waals surface area contributed by atoms with Gasteiger partial charge in [-0.2, -0.15) is 13.2 Å². The van der Waals surface area contributed by atoms with Crippen molar-refractivity contribution >= 4 is 11.9 Å². The lowest BCUT2D eigenvalue weighted by atomic mass is 10.4. The molecule has 0 aromatic carbocycles. The summed E-state index contributed by atoms with van der Waals surface area (Å²) >= 11 is 0.982. The molecule has 0 atom stereocenters. The molecule has 2 nitrogen and oxygen atoms in total. The topological polar surface area (TPSA) is 17.3 Å². The van der Waals surface area contributed by atoms with E-state index >= 15 is 0 Å². The van der Waals surface area contributed by atoms with Crippen LogP contribution in [-0.2, 0) is 0 Å². The number of nitrogens with zero attached hydrogens (tertiary/aromatic N) is 2. The summed E-state index contributed by atoms with van der Waals surface area (Å²) in [6.07, 6.45) is -4.32. The van der Waals surface area contributed by atoms with Crippen LogP contribution in [0.1, 0.15) is 6.92 Å². The highest BCUT2D eigenvalue weighted by atomic mass is 32.2. The summed E-state index contributed by atoms with van der Waals surface area (Å²) in [5.41, 5.74) is 2.50. The Balaban J connectivity index is 2.80. The first-order chi connectivity index (χ1) is 4.91. The van der Waals surface area contributed by atoms with E-state index in [2.05, 4.69) is 5.43 Å². The van der Waals surface area contributed by atoms with Crippen molar-refractivity contribution in [2.24, 2.45) is 0 Å².